The van der Waals surface area contributed by atoms with Crippen LogP contribution in [0.3, 0.4) is 0 Å². The summed E-state index contributed by atoms with van der Waals surface area (Å²) < 4.78 is 22.0. The Balaban J connectivity index is 1.61. The first-order chi connectivity index (χ1) is 9.88. The predicted octanol–water partition coefficient (Wildman–Crippen LogP) is 2.40. The molecule has 2 aromatic rings. The normalized spacial score (nSPS) is 23.6. The summed E-state index contributed by atoms with van der Waals surface area (Å²) in [5.74, 6) is 1.56. The monoisotopic (exact) mass is 272 g/mol. The lowest BCUT2D eigenvalue weighted by Crippen LogP contribution is -2.08. The van der Waals surface area contributed by atoms with Crippen molar-refractivity contribution in [1.82, 2.24) is 0 Å². The highest BCUT2D eigenvalue weighted by Crippen LogP contribution is 2.33. The number of hydrogen-bond donors (Lipinski definition) is 0. The molecule has 0 N–H and O–H groups in total. The molecule has 0 aliphatic carbocycles. The fourth-order valence-electron chi connectivity index (χ4n) is 2.12. The topological polar surface area (TPSA) is 43.5 Å². The molecule has 2 atom stereocenters. The molecule has 0 spiro atoms. The van der Waals surface area contributed by atoms with E-state index < -0.39 is 0 Å². The van der Waals surface area contributed by atoms with Crippen LogP contribution in [0.15, 0.2) is 36.4 Å². The summed E-state index contributed by atoms with van der Waals surface area (Å²) in [5.41, 5.74) is 0. The Morgan fingerprint density at radius 1 is 0.850 bits per heavy atom. The molecule has 0 aromatic heterocycles. The van der Waals surface area contributed by atoms with Crippen molar-refractivity contribution >= 4 is 10.8 Å². The van der Waals surface area contributed by atoms with Crippen LogP contribution < -0.4 is 9.47 Å². The maximum atomic E-state index is 5.83. The maximum Gasteiger partial charge on any atom is 0.161 e. The zero-order valence-corrected chi connectivity index (χ0v) is 11.1. The molecule has 4 rings (SSSR count). The maximum absolute atomic E-state index is 5.83. The second-order valence-corrected chi connectivity index (χ2v) is 5.18. The Labute approximate surface area is 117 Å². The number of epoxide rings is 2. The summed E-state index contributed by atoms with van der Waals surface area (Å²) in [6.07, 6.45) is 0.474. The van der Waals surface area contributed by atoms with Crippen molar-refractivity contribution in [2.24, 2.45) is 0 Å². The third kappa shape index (κ3) is 2.71. The van der Waals surface area contributed by atoms with Crippen molar-refractivity contribution < 1.29 is 18.9 Å². The molecular formula is C16H16O4. The molecule has 0 radical (unpaired) electrons. The first-order valence-corrected chi connectivity index (χ1v) is 6.90. The van der Waals surface area contributed by atoms with E-state index in [0.29, 0.717) is 13.2 Å². The zero-order chi connectivity index (χ0) is 13.4. The third-order valence-corrected chi connectivity index (χ3v) is 3.47. The van der Waals surface area contributed by atoms with Crippen LogP contribution in [0.4, 0.5) is 0 Å². The van der Waals surface area contributed by atoms with Gasteiger partial charge < -0.3 is 18.9 Å². The van der Waals surface area contributed by atoms with Gasteiger partial charge in [0.05, 0.1) is 13.2 Å². The summed E-state index contributed by atoms with van der Waals surface area (Å²) in [7, 11) is 0. The second-order valence-electron chi connectivity index (χ2n) is 5.18. The van der Waals surface area contributed by atoms with Gasteiger partial charge >= 0.3 is 0 Å². The van der Waals surface area contributed by atoms with Gasteiger partial charge in [-0.2, -0.15) is 0 Å². The van der Waals surface area contributed by atoms with Crippen molar-refractivity contribution in [2.45, 2.75) is 12.2 Å². The number of ether oxygens (including phenoxy) is 4. The number of benzene rings is 2. The Morgan fingerprint density at radius 3 is 1.70 bits per heavy atom. The van der Waals surface area contributed by atoms with Crippen LogP contribution in [0, 0.1) is 0 Å². The smallest absolute Gasteiger partial charge is 0.161 e. The average Bonchev–Trinajstić information content (AvgIpc) is 3.37. The molecule has 0 unspecified atom stereocenters. The number of fused-ring (bicyclic) bond motifs is 1. The summed E-state index contributed by atoms with van der Waals surface area (Å²) in [6, 6.07) is 12.2. The van der Waals surface area contributed by atoms with Gasteiger partial charge in [-0.15, -0.1) is 0 Å². The summed E-state index contributed by atoms with van der Waals surface area (Å²) in [4.78, 5) is 0. The molecule has 20 heavy (non-hydrogen) atoms. The SMILES string of the molecule is c1ccc2cc(OC[C@@H]3CO3)c(OC[C@@H]3CO3)cc2c1. The first kappa shape index (κ1) is 12.0. The third-order valence-electron chi connectivity index (χ3n) is 3.47. The molecule has 2 aromatic carbocycles. The largest absolute Gasteiger partial charge is 0.487 e. The van der Waals surface area contributed by atoms with Gasteiger partial charge in [-0.05, 0) is 22.9 Å². The lowest BCUT2D eigenvalue weighted by Gasteiger charge is -2.13. The van der Waals surface area contributed by atoms with Crippen molar-refractivity contribution in [1.29, 1.82) is 0 Å². The average molecular weight is 272 g/mol. The molecule has 0 saturated carbocycles. The van der Waals surface area contributed by atoms with E-state index in [2.05, 4.69) is 12.1 Å². The summed E-state index contributed by atoms with van der Waals surface area (Å²) in [5, 5.41) is 2.29. The van der Waals surface area contributed by atoms with Gasteiger partial charge in [0, 0.05) is 0 Å². The van der Waals surface area contributed by atoms with Crippen LogP contribution in [-0.4, -0.2) is 38.6 Å². The van der Waals surface area contributed by atoms with Crippen molar-refractivity contribution in [3.8, 4) is 11.5 Å². The van der Waals surface area contributed by atoms with Crippen molar-refractivity contribution in [3.05, 3.63) is 36.4 Å². The lowest BCUT2D eigenvalue weighted by atomic mass is 10.1. The number of rotatable bonds is 6. The Morgan fingerprint density at radius 2 is 1.30 bits per heavy atom. The summed E-state index contributed by atoms with van der Waals surface area (Å²) >= 11 is 0. The molecule has 4 nitrogen and oxygen atoms in total. The highest BCUT2D eigenvalue weighted by molar-refractivity contribution is 5.86. The van der Waals surface area contributed by atoms with Crippen LogP contribution in [0.1, 0.15) is 0 Å². The standard InChI is InChI=1S/C16H16O4/c1-2-4-12-6-16(20-10-14-8-18-14)15(5-11(12)3-1)19-9-13-7-17-13/h1-6,13-14H,7-10H2/t13-,14-/m0/s1. The molecule has 2 aliphatic heterocycles. The molecule has 2 saturated heterocycles. The quantitative estimate of drug-likeness (QED) is 0.757. The van der Waals surface area contributed by atoms with E-state index in [-0.39, 0.29) is 12.2 Å². The first-order valence-electron chi connectivity index (χ1n) is 6.90. The van der Waals surface area contributed by atoms with E-state index >= 15 is 0 Å². The van der Waals surface area contributed by atoms with Gasteiger partial charge in [0.2, 0.25) is 0 Å². The van der Waals surface area contributed by atoms with Crippen molar-refractivity contribution in [2.75, 3.05) is 26.4 Å². The lowest BCUT2D eigenvalue weighted by molar-refractivity contribution is 0.228. The van der Waals surface area contributed by atoms with Gasteiger partial charge in [-0.1, -0.05) is 24.3 Å². The van der Waals surface area contributed by atoms with Gasteiger partial charge in [0.15, 0.2) is 11.5 Å². The Bertz CT molecular complexity index is 562. The van der Waals surface area contributed by atoms with Crippen LogP contribution in [0.25, 0.3) is 10.8 Å². The minimum Gasteiger partial charge on any atom is -0.487 e. The van der Waals surface area contributed by atoms with E-state index in [9.17, 15) is 0 Å². The highest BCUT2D eigenvalue weighted by Gasteiger charge is 2.25. The van der Waals surface area contributed by atoms with E-state index in [1.165, 1.54) is 0 Å². The van der Waals surface area contributed by atoms with Crippen LogP contribution in [-0.2, 0) is 9.47 Å². The van der Waals surface area contributed by atoms with Gasteiger partial charge in [0.25, 0.3) is 0 Å². The van der Waals surface area contributed by atoms with E-state index in [1.54, 1.807) is 0 Å². The van der Waals surface area contributed by atoms with Crippen molar-refractivity contribution in [3.63, 3.8) is 0 Å². The molecule has 0 amide bonds. The second kappa shape index (κ2) is 4.96. The van der Waals surface area contributed by atoms with Gasteiger partial charge in [-0.3, -0.25) is 0 Å². The van der Waals surface area contributed by atoms with Gasteiger partial charge in [-0.25, -0.2) is 0 Å². The molecule has 2 fully saturated rings. The Kier molecular flexibility index (Phi) is 2.98. The van der Waals surface area contributed by atoms with E-state index in [1.807, 2.05) is 24.3 Å². The minimum absolute atomic E-state index is 0.237. The zero-order valence-electron chi connectivity index (χ0n) is 11.1. The molecule has 2 aliphatic rings. The number of hydrogen-bond acceptors (Lipinski definition) is 4. The van der Waals surface area contributed by atoms with Crippen LogP contribution in [0.2, 0.25) is 0 Å². The van der Waals surface area contributed by atoms with Crippen LogP contribution >= 0.6 is 0 Å². The minimum atomic E-state index is 0.237. The fraction of sp³-hybridized carbons (Fsp3) is 0.375. The molecule has 2 heterocycles. The predicted molar refractivity (Wildman–Crippen MR) is 74.4 cm³/mol. The Hall–Kier alpha value is -1.78. The molecule has 4 heteroatoms. The molecule has 104 valence electrons. The van der Waals surface area contributed by atoms with E-state index in [4.69, 9.17) is 18.9 Å². The molecular weight excluding hydrogens is 256 g/mol. The summed E-state index contributed by atoms with van der Waals surface area (Å²) in [6.45, 7) is 2.74. The van der Waals surface area contributed by atoms with E-state index in [0.717, 1.165) is 35.5 Å². The van der Waals surface area contributed by atoms with Gasteiger partial charge in [0.1, 0.15) is 25.4 Å². The van der Waals surface area contributed by atoms with Crippen LogP contribution in [0.5, 0.6) is 11.5 Å². The highest BCUT2D eigenvalue weighted by atomic mass is 16.6. The molecule has 0 bridgehead atoms. The fourth-order valence-corrected chi connectivity index (χ4v) is 2.12.